The number of hydrogen-bond acceptors (Lipinski definition) is 5. The van der Waals surface area contributed by atoms with Gasteiger partial charge in [0.15, 0.2) is 5.82 Å². The lowest BCUT2D eigenvalue weighted by atomic mass is 10.1. The summed E-state index contributed by atoms with van der Waals surface area (Å²) < 4.78 is 0. The molecule has 24 heavy (non-hydrogen) atoms. The number of nitrogens with zero attached hydrogens (tertiary/aromatic N) is 4. The third-order valence-electron chi connectivity index (χ3n) is 4.65. The third kappa shape index (κ3) is 2.62. The summed E-state index contributed by atoms with van der Waals surface area (Å²) >= 11 is 0. The molecule has 0 saturated carbocycles. The molecule has 0 aromatic carbocycles. The smallest absolute Gasteiger partial charge is 0.257 e. The van der Waals surface area contributed by atoms with E-state index in [0.717, 1.165) is 18.4 Å². The summed E-state index contributed by atoms with van der Waals surface area (Å²) in [5.41, 5.74) is 1.31. The number of carbonyl (C=O) groups is 2. The monoisotopic (exact) mass is 323 g/mol. The van der Waals surface area contributed by atoms with Crippen molar-refractivity contribution in [2.24, 2.45) is 0 Å². The van der Waals surface area contributed by atoms with Crippen LogP contribution in [0.2, 0.25) is 0 Å². The van der Waals surface area contributed by atoms with Gasteiger partial charge in [0, 0.05) is 55.4 Å². The molecule has 2 bridgehead atoms. The van der Waals surface area contributed by atoms with Crippen LogP contribution in [0.4, 0.5) is 0 Å². The Morgan fingerprint density at radius 1 is 1.12 bits per heavy atom. The van der Waals surface area contributed by atoms with Crippen molar-refractivity contribution in [3.63, 3.8) is 0 Å². The van der Waals surface area contributed by atoms with E-state index in [1.807, 2.05) is 17.0 Å². The van der Waals surface area contributed by atoms with Crippen LogP contribution < -0.4 is 5.32 Å². The number of rotatable bonds is 2. The fourth-order valence-electron chi connectivity index (χ4n) is 3.45. The maximum absolute atomic E-state index is 12.9. The van der Waals surface area contributed by atoms with Crippen molar-refractivity contribution in [1.82, 2.24) is 25.2 Å². The molecule has 2 aliphatic rings. The zero-order valence-corrected chi connectivity index (χ0v) is 13.1. The SMILES string of the molecule is O=C1CC2CCC(CN1)N2C(=O)c1cnc(-c2ccncc2)nc1. The van der Waals surface area contributed by atoms with Gasteiger partial charge in [0.05, 0.1) is 5.56 Å². The van der Waals surface area contributed by atoms with Gasteiger partial charge in [-0.05, 0) is 25.0 Å². The van der Waals surface area contributed by atoms with E-state index in [1.54, 1.807) is 24.8 Å². The number of hydrogen-bond donors (Lipinski definition) is 1. The minimum absolute atomic E-state index is 0.0179. The zero-order chi connectivity index (χ0) is 16.5. The van der Waals surface area contributed by atoms with E-state index in [2.05, 4.69) is 20.3 Å². The Morgan fingerprint density at radius 2 is 1.83 bits per heavy atom. The zero-order valence-electron chi connectivity index (χ0n) is 13.1. The second-order valence-electron chi connectivity index (χ2n) is 6.14. The van der Waals surface area contributed by atoms with Crippen molar-refractivity contribution in [1.29, 1.82) is 0 Å². The minimum atomic E-state index is -0.0970. The molecule has 0 radical (unpaired) electrons. The van der Waals surface area contributed by atoms with Gasteiger partial charge in [0.2, 0.25) is 5.91 Å². The molecule has 2 unspecified atom stereocenters. The summed E-state index contributed by atoms with van der Waals surface area (Å²) in [6, 6.07) is 3.69. The second-order valence-corrected chi connectivity index (χ2v) is 6.14. The molecule has 2 aromatic heterocycles. The molecule has 2 aromatic rings. The van der Waals surface area contributed by atoms with Crippen molar-refractivity contribution in [3.05, 3.63) is 42.5 Å². The molecule has 7 heteroatoms. The van der Waals surface area contributed by atoms with Crippen molar-refractivity contribution in [2.45, 2.75) is 31.3 Å². The Kier molecular flexibility index (Phi) is 3.68. The highest BCUT2D eigenvalue weighted by Gasteiger charge is 2.40. The first kappa shape index (κ1) is 14.7. The average Bonchev–Trinajstić information content (AvgIpc) is 2.94. The number of pyridine rings is 1. The third-order valence-corrected chi connectivity index (χ3v) is 4.65. The summed E-state index contributed by atoms with van der Waals surface area (Å²) in [6.07, 6.45) is 8.65. The lowest BCUT2D eigenvalue weighted by Gasteiger charge is -2.27. The molecule has 2 fully saturated rings. The fraction of sp³-hybridized carbons (Fsp3) is 0.353. The van der Waals surface area contributed by atoms with E-state index >= 15 is 0 Å². The molecule has 122 valence electrons. The van der Waals surface area contributed by atoms with E-state index < -0.39 is 0 Å². The van der Waals surface area contributed by atoms with Crippen molar-refractivity contribution >= 4 is 11.8 Å². The van der Waals surface area contributed by atoms with Crippen molar-refractivity contribution in [3.8, 4) is 11.4 Å². The average molecular weight is 323 g/mol. The van der Waals surface area contributed by atoms with Gasteiger partial charge in [-0.3, -0.25) is 14.6 Å². The first-order valence-corrected chi connectivity index (χ1v) is 8.04. The predicted molar refractivity (Wildman–Crippen MR) is 85.9 cm³/mol. The lowest BCUT2D eigenvalue weighted by Crippen LogP contribution is -2.42. The molecular formula is C17H17N5O2. The maximum Gasteiger partial charge on any atom is 0.257 e. The first-order valence-electron chi connectivity index (χ1n) is 8.04. The van der Waals surface area contributed by atoms with Crippen LogP contribution in [0, 0.1) is 0 Å². The minimum Gasteiger partial charge on any atom is -0.354 e. The highest BCUT2D eigenvalue weighted by atomic mass is 16.2. The number of nitrogens with one attached hydrogen (secondary N) is 1. The summed E-state index contributed by atoms with van der Waals surface area (Å²) in [6.45, 7) is 0.525. The molecule has 0 aliphatic carbocycles. The number of aromatic nitrogens is 3. The van der Waals surface area contributed by atoms with Crippen LogP contribution in [-0.2, 0) is 4.79 Å². The normalized spacial score (nSPS) is 22.8. The molecule has 0 spiro atoms. The van der Waals surface area contributed by atoms with E-state index in [-0.39, 0.29) is 23.9 Å². The van der Waals surface area contributed by atoms with Crippen LogP contribution in [0.1, 0.15) is 29.6 Å². The summed E-state index contributed by atoms with van der Waals surface area (Å²) in [5, 5.41) is 2.87. The predicted octanol–water partition coefficient (Wildman–Crippen LogP) is 1.03. The van der Waals surface area contributed by atoms with E-state index in [4.69, 9.17) is 0 Å². The van der Waals surface area contributed by atoms with Gasteiger partial charge >= 0.3 is 0 Å². The van der Waals surface area contributed by atoms with Crippen LogP contribution in [0.25, 0.3) is 11.4 Å². The molecule has 7 nitrogen and oxygen atoms in total. The highest BCUT2D eigenvalue weighted by Crippen LogP contribution is 2.29. The molecule has 1 N–H and O–H groups in total. The van der Waals surface area contributed by atoms with Crippen LogP contribution in [0.15, 0.2) is 36.9 Å². The Morgan fingerprint density at radius 3 is 2.58 bits per heavy atom. The van der Waals surface area contributed by atoms with Gasteiger partial charge in [-0.2, -0.15) is 0 Å². The lowest BCUT2D eigenvalue weighted by molar-refractivity contribution is -0.121. The van der Waals surface area contributed by atoms with Crippen LogP contribution in [-0.4, -0.2) is 50.3 Å². The quantitative estimate of drug-likeness (QED) is 0.892. The highest BCUT2D eigenvalue weighted by molar-refractivity contribution is 5.95. The number of fused-ring (bicyclic) bond motifs is 2. The molecular weight excluding hydrogens is 306 g/mol. The topological polar surface area (TPSA) is 88.1 Å². The Hall–Kier alpha value is -2.83. The van der Waals surface area contributed by atoms with Crippen LogP contribution >= 0.6 is 0 Å². The molecule has 2 saturated heterocycles. The van der Waals surface area contributed by atoms with Gasteiger partial charge in [0.1, 0.15) is 0 Å². The summed E-state index contributed by atoms with van der Waals surface area (Å²) in [4.78, 5) is 39.0. The Bertz CT molecular complexity index is 762. The maximum atomic E-state index is 12.9. The summed E-state index contributed by atoms with van der Waals surface area (Å²) in [7, 11) is 0. The number of carbonyl (C=O) groups excluding carboxylic acids is 2. The van der Waals surface area contributed by atoms with Gasteiger partial charge in [-0.1, -0.05) is 0 Å². The van der Waals surface area contributed by atoms with Gasteiger partial charge in [-0.25, -0.2) is 9.97 Å². The number of amides is 2. The largest absolute Gasteiger partial charge is 0.354 e. The van der Waals surface area contributed by atoms with E-state index in [9.17, 15) is 9.59 Å². The molecule has 2 aliphatic heterocycles. The molecule has 2 atom stereocenters. The van der Waals surface area contributed by atoms with E-state index in [0.29, 0.717) is 24.4 Å². The molecule has 4 heterocycles. The van der Waals surface area contributed by atoms with Gasteiger partial charge in [-0.15, -0.1) is 0 Å². The molecule has 4 rings (SSSR count). The van der Waals surface area contributed by atoms with Gasteiger partial charge < -0.3 is 10.2 Å². The van der Waals surface area contributed by atoms with Crippen molar-refractivity contribution < 1.29 is 9.59 Å². The standard InChI is InChI=1S/C17H17N5O2/c23-15-7-13-1-2-14(10-19-15)22(13)17(24)12-8-20-16(21-9-12)11-3-5-18-6-4-11/h3-6,8-9,13-14H,1-2,7,10H2,(H,19,23). The first-order chi connectivity index (χ1) is 11.7. The Balaban J connectivity index is 1.57. The van der Waals surface area contributed by atoms with Crippen molar-refractivity contribution in [2.75, 3.05) is 6.54 Å². The second kappa shape index (κ2) is 5.99. The summed E-state index contributed by atoms with van der Waals surface area (Å²) in [5.74, 6) is 0.481. The fourth-order valence-corrected chi connectivity index (χ4v) is 3.45. The Labute approximate surface area is 139 Å². The van der Waals surface area contributed by atoms with Gasteiger partial charge in [0.25, 0.3) is 5.91 Å². The molecule has 2 amide bonds. The van der Waals surface area contributed by atoms with E-state index in [1.165, 1.54) is 0 Å². The van der Waals surface area contributed by atoms with Crippen LogP contribution in [0.3, 0.4) is 0 Å². The van der Waals surface area contributed by atoms with Crippen LogP contribution in [0.5, 0.6) is 0 Å².